The van der Waals surface area contributed by atoms with Crippen molar-refractivity contribution in [1.82, 2.24) is 4.98 Å². The van der Waals surface area contributed by atoms with Crippen molar-refractivity contribution in [1.29, 1.82) is 0 Å². The zero-order valence-corrected chi connectivity index (χ0v) is 8.95. The van der Waals surface area contributed by atoms with Gasteiger partial charge in [0.2, 0.25) is 0 Å². The number of aryl methyl sites for hydroxylation is 2. The quantitative estimate of drug-likeness (QED) is 0.698. The molecular formula is C10H17NS. The molecule has 0 amide bonds. The van der Waals surface area contributed by atoms with Crippen LogP contribution >= 0.6 is 11.3 Å². The molecule has 0 bridgehead atoms. The summed E-state index contributed by atoms with van der Waals surface area (Å²) in [4.78, 5) is 4.52. The first-order chi connectivity index (χ1) is 5.72. The molecular weight excluding hydrogens is 166 g/mol. The molecule has 0 unspecified atom stereocenters. The number of hydrogen-bond donors (Lipinski definition) is 0. The van der Waals surface area contributed by atoms with Gasteiger partial charge in [0.05, 0.1) is 10.7 Å². The lowest BCUT2D eigenvalue weighted by atomic mass is 10.1. The van der Waals surface area contributed by atoms with Gasteiger partial charge in [0.1, 0.15) is 0 Å². The fourth-order valence-corrected chi connectivity index (χ4v) is 1.94. The summed E-state index contributed by atoms with van der Waals surface area (Å²) in [5.74, 6) is 0.791. The average molecular weight is 183 g/mol. The van der Waals surface area contributed by atoms with Gasteiger partial charge in [0, 0.05) is 5.38 Å². The summed E-state index contributed by atoms with van der Waals surface area (Å²) in [6.07, 6.45) is 3.48. The van der Waals surface area contributed by atoms with Gasteiger partial charge in [0.25, 0.3) is 0 Å². The minimum Gasteiger partial charge on any atom is -0.246 e. The van der Waals surface area contributed by atoms with E-state index in [0.29, 0.717) is 0 Å². The fraction of sp³-hybridized carbons (Fsp3) is 0.700. The minimum atomic E-state index is 0.791. The molecule has 0 aliphatic rings. The van der Waals surface area contributed by atoms with E-state index in [1.807, 2.05) is 0 Å². The van der Waals surface area contributed by atoms with Crippen LogP contribution in [0.1, 0.15) is 37.9 Å². The maximum atomic E-state index is 4.52. The smallest absolute Gasteiger partial charge is 0.0928 e. The van der Waals surface area contributed by atoms with Crippen molar-refractivity contribution in [3.8, 4) is 0 Å². The standard InChI is InChI=1S/C10H17NS/c1-4-9-7-12-10(11-9)6-5-8(2)3/h7-8H,4-6H2,1-3H3. The van der Waals surface area contributed by atoms with Crippen LogP contribution in [0.25, 0.3) is 0 Å². The molecule has 0 aromatic carbocycles. The Hall–Kier alpha value is -0.370. The van der Waals surface area contributed by atoms with Crippen molar-refractivity contribution in [2.45, 2.75) is 40.0 Å². The van der Waals surface area contributed by atoms with Crippen molar-refractivity contribution in [3.05, 3.63) is 16.1 Å². The van der Waals surface area contributed by atoms with E-state index >= 15 is 0 Å². The van der Waals surface area contributed by atoms with E-state index in [9.17, 15) is 0 Å². The predicted octanol–water partition coefficient (Wildman–Crippen LogP) is 3.29. The molecule has 1 aromatic rings. The second-order valence-electron chi connectivity index (χ2n) is 3.52. The monoisotopic (exact) mass is 183 g/mol. The molecule has 0 aliphatic heterocycles. The van der Waals surface area contributed by atoms with Gasteiger partial charge in [-0.15, -0.1) is 11.3 Å². The van der Waals surface area contributed by atoms with Crippen LogP contribution in [-0.2, 0) is 12.8 Å². The van der Waals surface area contributed by atoms with E-state index in [2.05, 4.69) is 31.1 Å². The summed E-state index contributed by atoms with van der Waals surface area (Å²) in [5, 5.41) is 3.48. The van der Waals surface area contributed by atoms with Crippen molar-refractivity contribution in [2.24, 2.45) is 5.92 Å². The number of aromatic nitrogens is 1. The van der Waals surface area contributed by atoms with Crippen LogP contribution in [-0.4, -0.2) is 4.98 Å². The van der Waals surface area contributed by atoms with E-state index in [4.69, 9.17) is 0 Å². The van der Waals surface area contributed by atoms with Crippen LogP contribution in [0.15, 0.2) is 5.38 Å². The zero-order chi connectivity index (χ0) is 8.97. The third-order valence-corrected chi connectivity index (χ3v) is 2.85. The van der Waals surface area contributed by atoms with Gasteiger partial charge in [-0.3, -0.25) is 0 Å². The molecule has 0 saturated carbocycles. The molecule has 0 saturated heterocycles. The minimum absolute atomic E-state index is 0.791. The van der Waals surface area contributed by atoms with Gasteiger partial charge in [-0.1, -0.05) is 20.8 Å². The lowest BCUT2D eigenvalue weighted by Gasteiger charge is -2.00. The first-order valence-corrected chi connectivity index (χ1v) is 5.53. The Bertz CT molecular complexity index is 227. The van der Waals surface area contributed by atoms with Crippen molar-refractivity contribution >= 4 is 11.3 Å². The summed E-state index contributed by atoms with van der Waals surface area (Å²) >= 11 is 1.80. The molecule has 1 heterocycles. The van der Waals surface area contributed by atoms with E-state index < -0.39 is 0 Å². The van der Waals surface area contributed by atoms with E-state index in [1.54, 1.807) is 11.3 Å². The lowest BCUT2D eigenvalue weighted by molar-refractivity contribution is 0.585. The van der Waals surface area contributed by atoms with Crippen molar-refractivity contribution < 1.29 is 0 Å². The molecule has 0 radical (unpaired) electrons. The van der Waals surface area contributed by atoms with Gasteiger partial charge in [-0.05, 0) is 25.2 Å². The molecule has 0 N–H and O–H groups in total. The first kappa shape index (κ1) is 9.72. The molecule has 0 fully saturated rings. The summed E-state index contributed by atoms with van der Waals surface area (Å²) in [6.45, 7) is 6.67. The topological polar surface area (TPSA) is 12.9 Å². The Labute approximate surface area is 78.8 Å². The molecule has 12 heavy (non-hydrogen) atoms. The van der Waals surface area contributed by atoms with Crippen LogP contribution in [0, 0.1) is 5.92 Å². The molecule has 1 aromatic heterocycles. The van der Waals surface area contributed by atoms with Crippen LogP contribution in [0.4, 0.5) is 0 Å². The highest BCUT2D eigenvalue weighted by atomic mass is 32.1. The first-order valence-electron chi connectivity index (χ1n) is 4.65. The normalized spacial score (nSPS) is 11.0. The average Bonchev–Trinajstić information content (AvgIpc) is 2.48. The highest BCUT2D eigenvalue weighted by Crippen LogP contribution is 2.14. The Balaban J connectivity index is 2.41. The van der Waals surface area contributed by atoms with Crippen LogP contribution < -0.4 is 0 Å². The highest BCUT2D eigenvalue weighted by molar-refractivity contribution is 7.09. The number of nitrogens with zero attached hydrogens (tertiary/aromatic N) is 1. The van der Waals surface area contributed by atoms with Crippen LogP contribution in [0.5, 0.6) is 0 Å². The summed E-state index contributed by atoms with van der Waals surface area (Å²) < 4.78 is 0. The third kappa shape index (κ3) is 2.94. The molecule has 2 heteroatoms. The van der Waals surface area contributed by atoms with E-state index in [-0.39, 0.29) is 0 Å². The van der Waals surface area contributed by atoms with Gasteiger partial charge in [0.15, 0.2) is 0 Å². The summed E-state index contributed by atoms with van der Waals surface area (Å²) in [5.41, 5.74) is 1.25. The highest BCUT2D eigenvalue weighted by Gasteiger charge is 2.01. The SMILES string of the molecule is CCc1csc(CCC(C)C)n1. The fourth-order valence-electron chi connectivity index (χ4n) is 1.04. The maximum absolute atomic E-state index is 4.52. The number of hydrogen-bond acceptors (Lipinski definition) is 2. The number of thiazole rings is 1. The second kappa shape index (κ2) is 4.61. The molecule has 0 aliphatic carbocycles. The predicted molar refractivity (Wildman–Crippen MR) is 54.7 cm³/mol. The van der Waals surface area contributed by atoms with Crippen LogP contribution in [0.3, 0.4) is 0 Å². The van der Waals surface area contributed by atoms with E-state index in [0.717, 1.165) is 18.8 Å². The van der Waals surface area contributed by atoms with Gasteiger partial charge in [-0.25, -0.2) is 4.98 Å². The molecule has 68 valence electrons. The van der Waals surface area contributed by atoms with Gasteiger partial charge >= 0.3 is 0 Å². The Morgan fingerprint density at radius 2 is 2.25 bits per heavy atom. The maximum Gasteiger partial charge on any atom is 0.0928 e. The summed E-state index contributed by atoms with van der Waals surface area (Å²) in [6, 6.07) is 0. The van der Waals surface area contributed by atoms with Crippen molar-refractivity contribution in [3.63, 3.8) is 0 Å². The van der Waals surface area contributed by atoms with Crippen LogP contribution in [0.2, 0.25) is 0 Å². The molecule has 1 nitrogen and oxygen atoms in total. The third-order valence-electron chi connectivity index (χ3n) is 1.90. The van der Waals surface area contributed by atoms with Crippen molar-refractivity contribution in [2.75, 3.05) is 0 Å². The van der Waals surface area contributed by atoms with E-state index in [1.165, 1.54) is 17.1 Å². The lowest BCUT2D eigenvalue weighted by Crippen LogP contribution is -1.91. The summed E-state index contributed by atoms with van der Waals surface area (Å²) in [7, 11) is 0. The molecule has 1 rings (SSSR count). The Kier molecular flexibility index (Phi) is 3.73. The largest absolute Gasteiger partial charge is 0.246 e. The molecule has 0 atom stereocenters. The van der Waals surface area contributed by atoms with Gasteiger partial charge < -0.3 is 0 Å². The number of rotatable bonds is 4. The molecule has 0 spiro atoms. The Morgan fingerprint density at radius 3 is 2.75 bits per heavy atom. The Morgan fingerprint density at radius 1 is 1.50 bits per heavy atom. The zero-order valence-electron chi connectivity index (χ0n) is 8.13. The second-order valence-corrected chi connectivity index (χ2v) is 4.46. The van der Waals surface area contributed by atoms with Gasteiger partial charge in [-0.2, -0.15) is 0 Å².